The van der Waals surface area contributed by atoms with Gasteiger partial charge in [0.15, 0.2) is 0 Å². The number of alkyl carbamates (subject to hydrolysis) is 1. The number of aryl methyl sites for hydroxylation is 1. The van der Waals surface area contributed by atoms with Gasteiger partial charge < -0.3 is 10.1 Å². The highest BCUT2D eigenvalue weighted by Crippen LogP contribution is 2.31. The standard InChI is InChI=1S/C20H26FN3O2/c1-6-14-7-8-18(21)17(16-11-22-13(2)23-12-16)9-15(14)10-24-19(25)26-20(3,4)5/h8-9,11-12H,6-7,10H2,1-5H3,(H,24,25). The van der Waals surface area contributed by atoms with E-state index in [9.17, 15) is 9.18 Å². The topological polar surface area (TPSA) is 64.1 Å². The molecule has 1 aromatic heterocycles. The van der Waals surface area contributed by atoms with Crippen LogP contribution in [-0.4, -0.2) is 28.2 Å². The van der Waals surface area contributed by atoms with Gasteiger partial charge in [-0.05, 0) is 58.3 Å². The molecule has 0 aliphatic heterocycles. The van der Waals surface area contributed by atoms with Gasteiger partial charge in [-0.25, -0.2) is 19.2 Å². The van der Waals surface area contributed by atoms with E-state index in [1.54, 1.807) is 31.5 Å². The fourth-order valence-electron chi connectivity index (χ4n) is 2.58. The Labute approximate surface area is 154 Å². The number of halogens is 1. The Balaban J connectivity index is 2.27. The summed E-state index contributed by atoms with van der Waals surface area (Å²) in [6.07, 6.45) is 7.32. The van der Waals surface area contributed by atoms with Crippen molar-refractivity contribution in [3.63, 3.8) is 0 Å². The van der Waals surface area contributed by atoms with E-state index in [0.717, 1.165) is 17.6 Å². The molecule has 0 atom stereocenters. The SMILES string of the molecule is CCC1=C(CNC(=O)OC(C)(C)C)C=C(c2cnc(C)nc2)C(F)=CC1. The van der Waals surface area contributed by atoms with Gasteiger partial charge in [0, 0.05) is 30.1 Å². The van der Waals surface area contributed by atoms with Crippen LogP contribution in [-0.2, 0) is 4.74 Å². The van der Waals surface area contributed by atoms with Gasteiger partial charge in [0.2, 0.25) is 0 Å². The molecule has 1 aliphatic carbocycles. The highest BCUT2D eigenvalue weighted by molar-refractivity contribution is 5.79. The van der Waals surface area contributed by atoms with Crippen LogP contribution >= 0.6 is 0 Å². The Morgan fingerprint density at radius 3 is 2.54 bits per heavy atom. The molecule has 1 N–H and O–H groups in total. The largest absolute Gasteiger partial charge is 0.444 e. The molecule has 2 rings (SSSR count). The fourth-order valence-corrected chi connectivity index (χ4v) is 2.58. The molecule has 1 aliphatic rings. The lowest BCUT2D eigenvalue weighted by Crippen LogP contribution is -2.33. The molecular weight excluding hydrogens is 333 g/mol. The van der Waals surface area contributed by atoms with Crippen LogP contribution in [0.5, 0.6) is 0 Å². The number of nitrogens with one attached hydrogen (secondary N) is 1. The summed E-state index contributed by atoms with van der Waals surface area (Å²) >= 11 is 0. The average Bonchev–Trinajstić information content (AvgIpc) is 2.71. The number of rotatable bonds is 4. The zero-order valence-electron chi connectivity index (χ0n) is 16.0. The second-order valence-electron chi connectivity index (χ2n) is 7.17. The lowest BCUT2D eigenvalue weighted by molar-refractivity contribution is 0.0533. The van der Waals surface area contributed by atoms with E-state index in [1.165, 1.54) is 0 Å². The van der Waals surface area contributed by atoms with Crippen LogP contribution in [0.2, 0.25) is 0 Å². The van der Waals surface area contributed by atoms with E-state index in [0.29, 0.717) is 23.4 Å². The Bertz CT molecular complexity index is 756. The number of carbonyl (C=O) groups excluding carboxylic acids is 1. The summed E-state index contributed by atoms with van der Waals surface area (Å²) in [7, 11) is 0. The molecule has 1 aromatic rings. The van der Waals surface area contributed by atoms with Crippen molar-refractivity contribution in [2.75, 3.05) is 6.54 Å². The smallest absolute Gasteiger partial charge is 0.407 e. The monoisotopic (exact) mass is 359 g/mol. The van der Waals surface area contributed by atoms with Crippen LogP contribution in [0.25, 0.3) is 5.57 Å². The molecule has 140 valence electrons. The third-order valence-electron chi connectivity index (χ3n) is 3.90. The van der Waals surface area contributed by atoms with Crippen molar-refractivity contribution in [2.24, 2.45) is 0 Å². The number of allylic oxidation sites excluding steroid dienone is 4. The molecule has 0 unspecified atom stereocenters. The van der Waals surface area contributed by atoms with Crippen molar-refractivity contribution < 1.29 is 13.9 Å². The molecule has 26 heavy (non-hydrogen) atoms. The van der Waals surface area contributed by atoms with E-state index < -0.39 is 11.7 Å². The molecule has 1 heterocycles. The van der Waals surface area contributed by atoms with Crippen LogP contribution in [0.15, 0.2) is 41.5 Å². The first-order valence-corrected chi connectivity index (χ1v) is 8.74. The summed E-state index contributed by atoms with van der Waals surface area (Å²) in [5.74, 6) is 0.319. The Hall–Kier alpha value is -2.50. The fraction of sp³-hybridized carbons (Fsp3) is 0.450. The molecule has 0 radical (unpaired) electrons. The molecule has 1 amide bonds. The number of amides is 1. The summed E-state index contributed by atoms with van der Waals surface area (Å²) in [5, 5.41) is 2.76. The van der Waals surface area contributed by atoms with Crippen LogP contribution < -0.4 is 5.32 Å². The second-order valence-corrected chi connectivity index (χ2v) is 7.17. The van der Waals surface area contributed by atoms with Gasteiger partial charge in [-0.1, -0.05) is 12.5 Å². The van der Waals surface area contributed by atoms with Crippen molar-refractivity contribution in [2.45, 2.75) is 53.1 Å². The zero-order valence-corrected chi connectivity index (χ0v) is 16.0. The number of hydrogen-bond acceptors (Lipinski definition) is 4. The molecule has 0 fully saturated rings. The number of ether oxygens (including phenoxy) is 1. The van der Waals surface area contributed by atoms with Crippen molar-refractivity contribution in [1.29, 1.82) is 0 Å². The molecule has 6 heteroatoms. The van der Waals surface area contributed by atoms with E-state index in [-0.39, 0.29) is 12.4 Å². The minimum atomic E-state index is -0.566. The first-order chi connectivity index (χ1) is 12.2. The summed E-state index contributed by atoms with van der Waals surface area (Å²) in [4.78, 5) is 20.2. The van der Waals surface area contributed by atoms with Crippen LogP contribution in [0.3, 0.4) is 0 Å². The third kappa shape index (κ3) is 5.51. The zero-order chi connectivity index (χ0) is 19.3. The predicted octanol–water partition coefficient (Wildman–Crippen LogP) is 4.66. The number of aromatic nitrogens is 2. The average molecular weight is 359 g/mol. The molecule has 5 nitrogen and oxygen atoms in total. The van der Waals surface area contributed by atoms with Gasteiger partial charge >= 0.3 is 6.09 Å². The van der Waals surface area contributed by atoms with Crippen LogP contribution in [0, 0.1) is 6.92 Å². The van der Waals surface area contributed by atoms with Crippen molar-refractivity contribution >= 4 is 11.7 Å². The number of hydrogen-bond donors (Lipinski definition) is 1. The lowest BCUT2D eigenvalue weighted by Gasteiger charge is -2.20. The van der Waals surface area contributed by atoms with Gasteiger partial charge in [-0.2, -0.15) is 0 Å². The van der Waals surface area contributed by atoms with Crippen LogP contribution in [0.1, 0.15) is 51.9 Å². The van der Waals surface area contributed by atoms with Gasteiger partial charge in [0.1, 0.15) is 17.3 Å². The minimum absolute atomic E-state index is 0.273. The van der Waals surface area contributed by atoms with Crippen molar-refractivity contribution in [1.82, 2.24) is 15.3 Å². The highest BCUT2D eigenvalue weighted by atomic mass is 19.1. The first-order valence-electron chi connectivity index (χ1n) is 8.74. The van der Waals surface area contributed by atoms with Crippen LogP contribution in [0.4, 0.5) is 9.18 Å². The first kappa shape index (κ1) is 19.8. The summed E-state index contributed by atoms with van der Waals surface area (Å²) in [6, 6.07) is 0. The molecule has 0 saturated heterocycles. The minimum Gasteiger partial charge on any atom is -0.444 e. The maximum Gasteiger partial charge on any atom is 0.407 e. The van der Waals surface area contributed by atoms with E-state index in [2.05, 4.69) is 15.3 Å². The van der Waals surface area contributed by atoms with Gasteiger partial charge in [-0.3, -0.25) is 0 Å². The molecule has 0 bridgehead atoms. The summed E-state index contributed by atoms with van der Waals surface area (Å²) < 4.78 is 19.9. The number of carbonyl (C=O) groups is 1. The quantitative estimate of drug-likeness (QED) is 0.849. The Morgan fingerprint density at radius 1 is 1.31 bits per heavy atom. The second kappa shape index (κ2) is 8.25. The van der Waals surface area contributed by atoms with Crippen molar-refractivity contribution in [3.05, 3.63) is 52.9 Å². The summed E-state index contributed by atoms with van der Waals surface area (Å²) in [6.45, 7) is 9.50. The van der Waals surface area contributed by atoms with Gasteiger partial charge in [0.05, 0.1) is 0 Å². The normalized spacial score (nSPS) is 15.2. The molecule has 0 spiro atoms. The maximum atomic E-state index is 14.6. The van der Waals surface area contributed by atoms with Gasteiger partial charge in [-0.15, -0.1) is 0 Å². The predicted molar refractivity (Wildman–Crippen MR) is 100 cm³/mol. The Morgan fingerprint density at radius 2 is 1.96 bits per heavy atom. The molecule has 0 saturated carbocycles. The molecule has 0 aromatic carbocycles. The van der Waals surface area contributed by atoms with E-state index >= 15 is 0 Å². The number of nitrogens with zero attached hydrogens (tertiary/aromatic N) is 2. The van der Waals surface area contributed by atoms with E-state index in [1.807, 2.05) is 27.7 Å². The Kier molecular flexibility index (Phi) is 6.29. The van der Waals surface area contributed by atoms with Crippen molar-refractivity contribution in [3.8, 4) is 0 Å². The van der Waals surface area contributed by atoms with Gasteiger partial charge in [0.25, 0.3) is 0 Å². The van der Waals surface area contributed by atoms with E-state index in [4.69, 9.17) is 4.74 Å². The molecular formula is C20H26FN3O2. The summed E-state index contributed by atoms with van der Waals surface area (Å²) in [5.41, 5.74) is 2.41. The third-order valence-corrected chi connectivity index (χ3v) is 3.90. The lowest BCUT2D eigenvalue weighted by atomic mass is 10.0. The maximum absolute atomic E-state index is 14.6. The highest BCUT2D eigenvalue weighted by Gasteiger charge is 2.18.